The SMILES string of the molecule is O=C(O)C1CCC(NCc2ccccc2-c2ccc(Cl)cc2)CC1. The molecule has 0 spiro atoms. The van der Waals surface area contributed by atoms with Crippen molar-refractivity contribution in [3.63, 3.8) is 0 Å². The van der Waals surface area contributed by atoms with E-state index < -0.39 is 5.97 Å². The molecule has 3 rings (SSSR count). The molecule has 0 amide bonds. The highest BCUT2D eigenvalue weighted by Gasteiger charge is 2.25. The van der Waals surface area contributed by atoms with E-state index in [0.29, 0.717) is 6.04 Å². The molecule has 0 atom stereocenters. The number of hydrogen-bond donors (Lipinski definition) is 2. The molecular weight excluding hydrogens is 322 g/mol. The molecule has 126 valence electrons. The predicted octanol–water partition coefficient (Wildman–Crippen LogP) is 4.74. The van der Waals surface area contributed by atoms with Crippen molar-refractivity contribution in [1.29, 1.82) is 0 Å². The molecule has 0 radical (unpaired) electrons. The molecule has 1 fully saturated rings. The summed E-state index contributed by atoms with van der Waals surface area (Å²) in [5.41, 5.74) is 3.62. The van der Waals surface area contributed by atoms with Crippen molar-refractivity contribution in [2.24, 2.45) is 5.92 Å². The fourth-order valence-electron chi connectivity index (χ4n) is 3.38. The Labute approximate surface area is 147 Å². The van der Waals surface area contributed by atoms with Crippen LogP contribution in [0.25, 0.3) is 11.1 Å². The van der Waals surface area contributed by atoms with Crippen LogP contribution in [0.5, 0.6) is 0 Å². The van der Waals surface area contributed by atoms with Crippen LogP contribution in [0.15, 0.2) is 48.5 Å². The smallest absolute Gasteiger partial charge is 0.306 e. The average Bonchev–Trinajstić information content (AvgIpc) is 2.61. The first-order valence-electron chi connectivity index (χ1n) is 8.43. The Morgan fingerprint density at radius 2 is 1.71 bits per heavy atom. The van der Waals surface area contributed by atoms with Gasteiger partial charge in [-0.1, -0.05) is 48.0 Å². The molecule has 0 heterocycles. The number of hydrogen-bond acceptors (Lipinski definition) is 2. The van der Waals surface area contributed by atoms with E-state index in [1.165, 1.54) is 11.1 Å². The third-order valence-electron chi connectivity index (χ3n) is 4.83. The van der Waals surface area contributed by atoms with Crippen molar-refractivity contribution in [1.82, 2.24) is 5.32 Å². The van der Waals surface area contributed by atoms with E-state index in [4.69, 9.17) is 16.7 Å². The van der Waals surface area contributed by atoms with Gasteiger partial charge >= 0.3 is 5.97 Å². The van der Waals surface area contributed by atoms with E-state index >= 15 is 0 Å². The summed E-state index contributed by atoms with van der Waals surface area (Å²) in [5.74, 6) is -0.814. The van der Waals surface area contributed by atoms with Crippen molar-refractivity contribution in [2.75, 3.05) is 0 Å². The maximum absolute atomic E-state index is 11.0. The highest BCUT2D eigenvalue weighted by atomic mass is 35.5. The largest absolute Gasteiger partial charge is 0.481 e. The van der Waals surface area contributed by atoms with Gasteiger partial charge in [0.25, 0.3) is 0 Å². The van der Waals surface area contributed by atoms with Crippen LogP contribution >= 0.6 is 11.6 Å². The van der Waals surface area contributed by atoms with Gasteiger partial charge in [-0.15, -0.1) is 0 Å². The number of carboxylic acid groups (broad SMARTS) is 1. The number of nitrogens with one attached hydrogen (secondary N) is 1. The molecule has 2 N–H and O–H groups in total. The van der Waals surface area contributed by atoms with E-state index in [-0.39, 0.29) is 5.92 Å². The molecule has 0 aliphatic heterocycles. The molecule has 0 aromatic heterocycles. The Balaban J connectivity index is 1.64. The summed E-state index contributed by atoms with van der Waals surface area (Å²) in [6.07, 6.45) is 3.40. The average molecular weight is 344 g/mol. The molecule has 1 aliphatic carbocycles. The van der Waals surface area contributed by atoms with Crippen molar-refractivity contribution in [2.45, 2.75) is 38.3 Å². The minimum Gasteiger partial charge on any atom is -0.481 e. The number of halogens is 1. The first kappa shape index (κ1) is 17.0. The standard InChI is InChI=1S/C20H22ClNO2/c21-17-9-5-14(6-10-17)19-4-2-1-3-16(19)13-22-18-11-7-15(8-12-18)20(23)24/h1-6,9-10,15,18,22H,7-8,11-13H2,(H,23,24). The lowest BCUT2D eigenvalue weighted by Gasteiger charge is -2.27. The van der Waals surface area contributed by atoms with Crippen molar-refractivity contribution in [3.8, 4) is 11.1 Å². The first-order chi connectivity index (χ1) is 11.6. The Kier molecular flexibility index (Phi) is 5.54. The summed E-state index contributed by atoms with van der Waals surface area (Å²) in [6.45, 7) is 0.793. The maximum Gasteiger partial charge on any atom is 0.306 e. The van der Waals surface area contributed by atoms with Crippen molar-refractivity contribution < 1.29 is 9.90 Å². The number of rotatable bonds is 5. The van der Waals surface area contributed by atoms with Crippen molar-refractivity contribution >= 4 is 17.6 Å². The molecule has 2 aromatic carbocycles. The maximum atomic E-state index is 11.0. The lowest BCUT2D eigenvalue weighted by atomic mass is 9.86. The topological polar surface area (TPSA) is 49.3 Å². The van der Waals surface area contributed by atoms with Gasteiger partial charge < -0.3 is 10.4 Å². The minimum atomic E-state index is -0.651. The summed E-state index contributed by atoms with van der Waals surface area (Å²) in [5, 5.41) is 13.4. The van der Waals surface area contributed by atoms with Gasteiger partial charge in [0.15, 0.2) is 0 Å². The summed E-state index contributed by atoms with van der Waals surface area (Å²) in [6, 6.07) is 16.7. The van der Waals surface area contributed by atoms with Gasteiger partial charge in [-0.05, 0) is 54.5 Å². The number of benzene rings is 2. The van der Waals surface area contributed by atoms with E-state index in [2.05, 4.69) is 23.5 Å². The Morgan fingerprint density at radius 3 is 2.38 bits per heavy atom. The molecule has 24 heavy (non-hydrogen) atoms. The monoisotopic (exact) mass is 343 g/mol. The Morgan fingerprint density at radius 1 is 1.04 bits per heavy atom. The normalized spacial score (nSPS) is 20.7. The quantitative estimate of drug-likeness (QED) is 0.824. The lowest BCUT2D eigenvalue weighted by molar-refractivity contribution is -0.142. The second-order valence-electron chi connectivity index (χ2n) is 6.43. The van der Waals surface area contributed by atoms with E-state index in [1.54, 1.807) is 0 Å². The summed E-state index contributed by atoms with van der Waals surface area (Å²) in [4.78, 5) is 11.0. The zero-order valence-electron chi connectivity index (χ0n) is 13.5. The minimum absolute atomic E-state index is 0.163. The molecule has 1 saturated carbocycles. The van der Waals surface area contributed by atoms with Gasteiger partial charge in [0, 0.05) is 17.6 Å². The Bertz CT molecular complexity index is 691. The number of carboxylic acids is 1. The zero-order chi connectivity index (χ0) is 16.9. The number of carbonyl (C=O) groups is 1. The van der Waals surface area contributed by atoms with Crippen LogP contribution in [0.1, 0.15) is 31.2 Å². The van der Waals surface area contributed by atoms with Crippen LogP contribution in [-0.4, -0.2) is 17.1 Å². The van der Waals surface area contributed by atoms with Gasteiger partial charge in [0.2, 0.25) is 0 Å². The van der Waals surface area contributed by atoms with Gasteiger partial charge in [0.1, 0.15) is 0 Å². The van der Waals surface area contributed by atoms with Crippen LogP contribution in [0, 0.1) is 5.92 Å². The van der Waals surface area contributed by atoms with Crippen LogP contribution < -0.4 is 5.32 Å². The summed E-state index contributed by atoms with van der Waals surface area (Å²) in [7, 11) is 0. The second kappa shape index (κ2) is 7.82. The highest BCUT2D eigenvalue weighted by Crippen LogP contribution is 2.27. The molecular formula is C20H22ClNO2. The van der Waals surface area contributed by atoms with Crippen LogP contribution in [0.3, 0.4) is 0 Å². The Hall–Kier alpha value is -1.84. The summed E-state index contributed by atoms with van der Waals surface area (Å²) < 4.78 is 0. The highest BCUT2D eigenvalue weighted by molar-refractivity contribution is 6.30. The third kappa shape index (κ3) is 4.16. The first-order valence-corrected chi connectivity index (χ1v) is 8.81. The van der Waals surface area contributed by atoms with E-state index in [1.807, 2.05) is 30.3 Å². The van der Waals surface area contributed by atoms with Gasteiger partial charge in [0.05, 0.1) is 5.92 Å². The van der Waals surface area contributed by atoms with Crippen LogP contribution in [0.2, 0.25) is 5.02 Å². The van der Waals surface area contributed by atoms with Crippen LogP contribution in [0.4, 0.5) is 0 Å². The predicted molar refractivity (Wildman–Crippen MR) is 97.1 cm³/mol. The fourth-order valence-corrected chi connectivity index (χ4v) is 3.51. The zero-order valence-corrected chi connectivity index (χ0v) is 14.3. The molecule has 0 saturated heterocycles. The molecule has 3 nitrogen and oxygen atoms in total. The molecule has 0 bridgehead atoms. The summed E-state index contributed by atoms with van der Waals surface area (Å²) >= 11 is 5.98. The molecule has 2 aromatic rings. The number of aliphatic carboxylic acids is 1. The molecule has 0 unspecified atom stereocenters. The molecule has 1 aliphatic rings. The van der Waals surface area contributed by atoms with Crippen molar-refractivity contribution in [3.05, 3.63) is 59.1 Å². The van der Waals surface area contributed by atoms with Gasteiger partial charge in [-0.25, -0.2) is 0 Å². The molecule has 4 heteroatoms. The van der Waals surface area contributed by atoms with E-state index in [0.717, 1.165) is 42.8 Å². The van der Waals surface area contributed by atoms with E-state index in [9.17, 15) is 4.79 Å². The lowest BCUT2D eigenvalue weighted by Crippen LogP contribution is -2.34. The second-order valence-corrected chi connectivity index (χ2v) is 6.87. The van der Waals surface area contributed by atoms with Gasteiger partial charge in [-0.2, -0.15) is 0 Å². The van der Waals surface area contributed by atoms with Gasteiger partial charge in [-0.3, -0.25) is 4.79 Å². The third-order valence-corrected chi connectivity index (χ3v) is 5.08. The fraction of sp³-hybridized carbons (Fsp3) is 0.350. The van der Waals surface area contributed by atoms with Crippen LogP contribution in [-0.2, 0) is 11.3 Å².